The van der Waals surface area contributed by atoms with Gasteiger partial charge in [-0.05, 0) is 31.4 Å². The van der Waals surface area contributed by atoms with E-state index in [1.54, 1.807) is 0 Å². The molecule has 1 aromatic carbocycles. The van der Waals surface area contributed by atoms with E-state index in [1.165, 1.54) is 0 Å². The number of primary amides is 1. The summed E-state index contributed by atoms with van der Waals surface area (Å²) in [5.41, 5.74) is 6.17. The van der Waals surface area contributed by atoms with Gasteiger partial charge >= 0.3 is 0 Å². The predicted octanol–water partition coefficient (Wildman–Crippen LogP) is 1.06. The zero-order valence-corrected chi connectivity index (χ0v) is 10.5. The number of hydrogen-bond acceptors (Lipinski definition) is 3. The highest BCUT2D eigenvalue weighted by Crippen LogP contribution is 2.26. The second-order valence-corrected chi connectivity index (χ2v) is 4.90. The first-order valence-corrected chi connectivity index (χ1v) is 6.42. The minimum atomic E-state index is -0.468. The monoisotopic (exact) mass is 248 g/mol. The number of nitrogens with zero attached hydrogens (tertiary/aromatic N) is 1. The summed E-state index contributed by atoms with van der Waals surface area (Å²) in [6.45, 7) is 1.20. The van der Waals surface area contributed by atoms with Crippen LogP contribution in [0.15, 0.2) is 30.3 Å². The quantitative estimate of drug-likeness (QED) is 0.819. The fourth-order valence-corrected chi connectivity index (χ4v) is 2.64. The topological polar surface area (TPSA) is 66.6 Å². The average molecular weight is 248 g/mol. The maximum Gasteiger partial charge on any atom is 0.231 e. The molecule has 0 saturated carbocycles. The van der Waals surface area contributed by atoms with Crippen molar-refractivity contribution in [3.05, 3.63) is 35.9 Å². The van der Waals surface area contributed by atoms with Crippen molar-refractivity contribution in [2.45, 2.75) is 31.4 Å². The molecular weight excluding hydrogens is 228 g/mol. The van der Waals surface area contributed by atoms with Gasteiger partial charge in [0.15, 0.2) is 0 Å². The molecule has 1 aliphatic heterocycles. The first kappa shape index (κ1) is 13.1. The number of likely N-dealkylation sites (tertiary alicyclic amines) is 1. The highest BCUT2D eigenvalue weighted by Gasteiger charge is 2.27. The van der Waals surface area contributed by atoms with E-state index in [9.17, 15) is 9.90 Å². The number of amides is 1. The molecule has 1 heterocycles. The maximum absolute atomic E-state index is 11.0. The van der Waals surface area contributed by atoms with E-state index in [2.05, 4.69) is 4.90 Å². The van der Waals surface area contributed by atoms with Gasteiger partial charge in [0.2, 0.25) is 5.91 Å². The zero-order chi connectivity index (χ0) is 13.0. The van der Waals surface area contributed by atoms with Gasteiger partial charge in [0.1, 0.15) is 0 Å². The molecule has 18 heavy (non-hydrogen) atoms. The van der Waals surface area contributed by atoms with Crippen molar-refractivity contribution in [3.8, 4) is 0 Å². The van der Waals surface area contributed by atoms with E-state index in [0.717, 1.165) is 24.9 Å². The smallest absolute Gasteiger partial charge is 0.231 e. The zero-order valence-electron chi connectivity index (χ0n) is 10.5. The molecule has 1 fully saturated rings. The lowest BCUT2D eigenvalue weighted by atomic mass is 10.0. The third-order valence-corrected chi connectivity index (χ3v) is 3.54. The lowest BCUT2D eigenvalue weighted by molar-refractivity contribution is -0.119. The molecule has 1 amide bonds. The molecular formula is C14H20N2O2. The van der Waals surface area contributed by atoms with Crippen LogP contribution in [0.1, 0.15) is 30.9 Å². The predicted molar refractivity (Wildman–Crippen MR) is 69.8 cm³/mol. The number of carbonyl (C=O) groups is 1. The van der Waals surface area contributed by atoms with Crippen LogP contribution in [-0.4, -0.2) is 35.0 Å². The summed E-state index contributed by atoms with van der Waals surface area (Å²) in [5.74, 6) is -0.295. The molecule has 1 aliphatic rings. The molecule has 0 aromatic heterocycles. The second-order valence-electron chi connectivity index (χ2n) is 4.90. The lowest BCUT2D eigenvalue weighted by Gasteiger charge is -2.25. The Morgan fingerprint density at radius 1 is 1.44 bits per heavy atom. The van der Waals surface area contributed by atoms with E-state index in [-0.39, 0.29) is 11.9 Å². The van der Waals surface area contributed by atoms with Gasteiger partial charge in [-0.1, -0.05) is 30.3 Å². The van der Waals surface area contributed by atoms with Gasteiger partial charge in [-0.25, -0.2) is 0 Å². The first-order valence-electron chi connectivity index (χ1n) is 6.42. The highest BCUT2D eigenvalue weighted by atomic mass is 16.3. The summed E-state index contributed by atoms with van der Waals surface area (Å²) >= 11 is 0. The largest absolute Gasteiger partial charge is 0.388 e. The number of hydrogen-bond donors (Lipinski definition) is 2. The molecule has 98 valence electrons. The Hall–Kier alpha value is -1.39. The van der Waals surface area contributed by atoms with Gasteiger partial charge in [0.05, 0.1) is 12.6 Å². The van der Waals surface area contributed by atoms with E-state index >= 15 is 0 Å². The van der Waals surface area contributed by atoms with Gasteiger partial charge in [-0.2, -0.15) is 0 Å². The molecule has 0 bridgehead atoms. The van der Waals surface area contributed by atoms with Gasteiger partial charge in [-0.15, -0.1) is 0 Å². The Balaban J connectivity index is 1.94. The fourth-order valence-electron chi connectivity index (χ4n) is 2.64. The van der Waals surface area contributed by atoms with Crippen molar-refractivity contribution in [1.29, 1.82) is 0 Å². The summed E-state index contributed by atoms with van der Waals surface area (Å²) < 4.78 is 0. The van der Waals surface area contributed by atoms with Crippen molar-refractivity contribution in [3.63, 3.8) is 0 Å². The molecule has 1 aromatic rings. The maximum atomic E-state index is 11.0. The number of aliphatic hydroxyl groups excluding tert-OH is 1. The fraction of sp³-hybridized carbons (Fsp3) is 0.500. The summed E-state index contributed by atoms with van der Waals surface area (Å²) in [6, 6.07) is 9.90. The molecule has 4 nitrogen and oxygen atoms in total. The van der Waals surface area contributed by atoms with Crippen LogP contribution in [0, 0.1) is 0 Å². The van der Waals surface area contributed by atoms with Crippen LogP contribution in [0.25, 0.3) is 0 Å². The minimum Gasteiger partial charge on any atom is -0.388 e. The van der Waals surface area contributed by atoms with Crippen LogP contribution in [0.5, 0.6) is 0 Å². The Labute approximate surface area is 107 Å². The molecule has 4 heteroatoms. The third-order valence-electron chi connectivity index (χ3n) is 3.54. The molecule has 1 saturated heterocycles. The first-order chi connectivity index (χ1) is 8.66. The molecule has 0 radical (unpaired) electrons. The summed E-state index contributed by atoms with van der Waals surface area (Å²) in [7, 11) is 0. The van der Waals surface area contributed by atoms with Gasteiger partial charge in [-0.3, -0.25) is 9.69 Å². The Bertz CT molecular complexity index is 394. The third kappa shape index (κ3) is 3.31. The summed E-state index contributed by atoms with van der Waals surface area (Å²) in [5, 5.41) is 10.2. The van der Waals surface area contributed by atoms with Crippen LogP contribution in [0.2, 0.25) is 0 Å². The second kappa shape index (κ2) is 5.98. The average Bonchev–Trinajstić information content (AvgIpc) is 2.77. The highest BCUT2D eigenvalue weighted by molar-refractivity contribution is 5.76. The van der Waals surface area contributed by atoms with Crippen LogP contribution in [0.3, 0.4) is 0 Å². The number of carbonyl (C=O) groups excluding carboxylic acids is 1. The van der Waals surface area contributed by atoms with Crippen LogP contribution in [-0.2, 0) is 4.79 Å². The van der Waals surface area contributed by atoms with Crippen LogP contribution in [0.4, 0.5) is 0 Å². The van der Waals surface area contributed by atoms with Crippen LogP contribution >= 0.6 is 0 Å². The molecule has 0 unspecified atom stereocenters. The number of benzene rings is 1. The van der Waals surface area contributed by atoms with Gasteiger partial charge < -0.3 is 10.8 Å². The lowest BCUT2D eigenvalue weighted by Crippen LogP contribution is -2.37. The normalized spacial score (nSPS) is 21.9. The SMILES string of the molecule is NC(=O)CN1CCC[C@@H]1C[C@H](O)c1ccccc1. The van der Waals surface area contributed by atoms with E-state index in [4.69, 9.17) is 5.73 Å². The molecule has 2 rings (SSSR count). The van der Waals surface area contributed by atoms with Crippen molar-refractivity contribution in [2.75, 3.05) is 13.1 Å². The Kier molecular flexibility index (Phi) is 4.33. The summed E-state index contributed by atoms with van der Waals surface area (Å²) in [4.78, 5) is 13.1. The van der Waals surface area contributed by atoms with Crippen molar-refractivity contribution < 1.29 is 9.90 Å². The number of rotatable bonds is 5. The number of nitrogens with two attached hydrogens (primary N) is 1. The van der Waals surface area contributed by atoms with E-state index in [1.807, 2.05) is 30.3 Å². The number of aliphatic hydroxyl groups is 1. The standard InChI is InChI=1S/C14H20N2O2/c15-14(18)10-16-8-4-7-12(16)9-13(17)11-5-2-1-3-6-11/h1-3,5-6,12-13,17H,4,7-10H2,(H2,15,18)/t12-,13+/m1/s1. The molecule has 0 spiro atoms. The molecule has 2 atom stereocenters. The van der Waals surface area contributed by atoms with Crippen molar-refractivity contribution in [1.82, 2.24) is 4.90 Å². The molecule has 3 N–H and O–H groups in total. The van der Waals surface area contributed by atoms with E-state index < -0.39 is 6.10 Å². The Morgan fingerprint density at radius 2 is 2.17 bits per heavy atom. The summed E-state index contributed by atoms with van der Waals surface area (Å²) in [6.07, 6.45) is 2.29. The van der Waals surface area contributed by atoms with Crippen molar-refractivity contribution in [2.24, 2.45) is 5.73 Å². The van der Waals surface area contributed by atoms with Crippen molar-refractivity contribution >= 4 is 5.91 Å². The van der Waals surface area contributed by atoms with Crippen LogP contribution < -0.4 is 5.73 Å². The Morgan fingerprint density at radius 3 is 2.83 bits per heavy atom. The molecule has 0 aliphatic carbocycles. The van der Waals surface area contributed by atoms with Gasteiger partial charge in [0, 0.05) is 6.04 Å². The van der Waals surface area contributed by atoms with E-state index in [0.29, 0.717) is 13.0 Å². The van der Waals surface area contributed by atoms with Gasteiger partial charge in [0.25, 0.3) is 0 Å². The minimum absolute atomic E-state index is 0.257.